The Morgan fingerprint density at radius 3 is 2.44 bits per heavy atom. The summed E-state index contributed by atoms with van der Waals surface area (Å²) < 4.78 is 0. The first kappa shape index (κ1) is 22.6. The van der Waals surface area contributed by atoms with Gasteiger partial charge in [0.2, 0.25) is 0 Å². The van der Waals surface area contributed by atoms with E-state index in [4.69, 9.17) is 11.6 Å². The van der Waals surface area contributed by atoms with Crippen LogP contribution in [0.1, 0.15) is 70.7 Å². The van der Waals surface area contributed by atoms with Crippen LogP contribution in [-0.2, 0) is 0 Å². The van der Waals surface area contributed by atoms with Gasteiger partial charge in [-0.1, -0.05) is 47.1 Å². The minimum Gasteiger partial charge on any atom is -0.317 e. The highest BCUT2D eigenvalue weighted by atomic mass is 35.5. The van der Waals surface area contributed by atoms with Gasteiger partial charge in [0.25, 0.3) is 0 Å². The average molecular weight is 448 g/mol. The second-order valence-electron chi connectivity index (χ2n) is 8.83. The highest BCUT2D eigenvalue weighted by Gasteiger charge is 2.24. The van der Waals surface area contributed by atoms with Crippen molar-refractivity contribution in [3.63, 3.8) is 0 Å². The Bertz CT molecular complexity index is 1060. The molecule has 2 atom stereocenters. The van der Waals surface area contributed by atoms with Crippen molar-refractivity contribution in [1.82, 2.24) is 10.3 Å². The third-order valence-electron chi connectivity index (χ3n) is 6.65. The fourth-order valence-electron chi connectivity index (χ4n) is 4.87. The molecular formula is C27H30ClN3O. The zero-order chi connectivity index (χ0) is 22.5. The van der Waals surface area contributed by atoms with Crippen LogP contribution in [0.25, 0.3) is 0 Å². The number of nitrogens with one attached hydrogen (secondary N) is 1. The van der Waals surface area contributed by atoms with Crippen molar-refractivity contribution in [2.45, 2.75) is 51.0 Å². The molecule has 1 saturated heterocycles. The van der Waals surface area contributed by atoms with Gasteiger partial charge in [-0.3, -0.25) is 4.98 Å². The maximum Gasteiger partial charge on any atom is 0.118 e. The summed E-state index contributed by atoms with van der Waals surface area (Å²) in [6.45, 7) is 6.18. The number of aromatic nitrogens is 1. The maximum atomic E-state index is 11.9. The van der Waals surface area contributed by atoms with E-state index < -0.39 is 6.04 Å². The number of nitrogens with zero attached hydrogens (tertiary/aromatic N) is 2. The van der Waals surface area contributed by atoms with E-state index in [9.17, 15) is 4.91 Å². The van der Waals surface area contributed by atoms with Gasteiger partial charge in [0.1, 0.15) is 6.04 Å². The molecule has 1 aromatic heterocycles. The molecule has 0 radical (unpaired) electrons. The quantitative estimate of drug-likeness (QED) is 0.403. The monoisotopic (exact) mass is 447 g/mol. The number of benzene rings is 2. The van der Waals surface area contributed by atoms with Crippen molar-refractivity contribution < 1.29 is 0 Å². The summed E-state index contributed by atoms with van der Waals surface area (Å²) in [6, 6.07) is 18.4. The number of halogens is 1. The van der Waals surface area contributed by atoms with Crippen LogP contribution in [0.4, 0.5) is 0 Å². The molecule has 0 aliphatic carbocycles. The minimum absolute atomic E-state index is 0.0468. The van der Waals surface area contributed by atoms with Crippen molar-refractivity contribution in [2.24, 2.45) is 5.18 Å². The molecule has 1 fully saturated rings. The second-order valence-corrected chi connectivity index (χ2v) is 9.27. The van der Waals surface area contributed by atoms with Crippen LogP contribution in [0.5, 0.6) is 0 Å². The van der Waals surface area contributed by atoms with E-state index >= 15 is 0 Å². The zero-order valence-corrected chi connectivity index (χ0v) is 19.5. The van der Waals surface area contributed by atoms with E-state index in [0.29, 0.717) is 12.3 Å². The van der Waals surface area contributed by atoms with E-state index in [1.54, 1.807) is 6.20 Å². The Kier molecular flexibility index (Phi) is 7.33. The minimum atomic E-state index is -0.444. The van der Waals surface area contributed by atoms with Crippen molar-refractivity contribution in [3.8, 4) is 0 Å². The molecule has 5 heteroatoms. The largest absolute Gasteiger partial charge is 0.317 e. The SMILES string of the molecule is Cc1cc(C(C[C@H](c2ccc(C3CCNCC3)cc2)c2ccc(Cl)cc2C)N=O)ccn1. The Balaban J connectivity index is 1.68. The van der Waals surface area contributed by atoms with Crippen LogP contribution >= 0.6 is 11.6 Å². The Labute approximate surface area is 195 Å². The lowest BCUT2D eigenvalue weighted by atomic mass is 9.81. The van der Waals surface area contributed by atoms with Gasteiger partial charge in [-0.05, 0) is 104 Å². The van der Waals surface area contributed by atoms with Gasteiger partial charge in [-0.15, -0.1) is 0 Å². The Hall–Kier alpha value is -2.56. The van der Waals surface area contributed by atoms with Crippen LogP contribution in [0.15, 0.2) is 66.0 Å². The van der Waals surface area contributed by atoms with E-state index in [1.165, 1.54) is 29.5 Å². The molecule has 1 N–H and O–H groups in total. The molecule has 2 heterocycles. The third kappa shape index (κ3) is 5.25. The highest BCUT2D eigenvalue weighted by Crippen LogP contribution is 2.38. The summed E-state index contributed by atoms with van der Waals surface area (Å²) in [4.78, 5) is 16.2. The molecule has 0 bridgehead atoms. The van der Waals surface area contributed by atoms with Crippen molar-refractivity contribution in [3.05, 3.63) is 104 Å². The molecule has 32 heavy (non-hydrogen) atoms. The molecule has 1 unspecified atom stereocenters. The molecule has 166 valence electrons. The van der Waals surface area contributed by atoms with Crippen LogP contribution in [0, 0.1) is 18.8 Å². The summed E-state index contributed by atoms with van der Waals surface area (Å²) >= 11 is 6.24. The van der Waals surface area contributed by atoms with Crippen LogP contribution in [-0.4, -0.2) is 18.1 Å². The predicted octanol–water partition coefficient (Wildman–Crippen LogP) is 6.85. The molecule has 2 aromatic carbocycles. The number of aryl methyl sites for hydroxylation is 2. The lowest BCUT2D eigenvalue weighted by Crippen LogP contribution is -2.26. The average Bonchev–Trinajstić information content (AvgIpc) is 2.81. The van der Waals surface area contributed by atoms with Crippen LogP contribution in [0.3, 0.4) is 0 Å². The van der Waals surface area contributed by atoms with E-state index in [1.807, 2.05) is 31.2 Å². The van der Waals surface area contributed by atoms with Gasteiger partial charge in [0, 0.05) is 22.8 Å². The molecular weight excluding hydrogens is 418 g/mol. The third-order valence-corrected chi connectivity index (χ3v) is 6.88. The van der Waals surface area contributed by atoms with Crippen molar-refractivity contribution >= 4 is 11.6 Å². The van der Waals surface area contributed by atoms with Gasteiger partial charge < -0.3 is 5.32 Å². The summed E-state index contributed by atoms with van der Waals surface area (Å²) in [5, 5.41) is 7.68. The summed E-state index contributed by atoms with van der Waals surface area (Å²) in [5.41, 5.74) is 6.71. The number of rotatable bonds is 7. The molecule has 0 saturated carbocycles. The molecule has 0 spiro atoms. The predicted molar refractivity (Wildman–Crippen MR) is 131 cm³/mol. The number of nitroso groups, excluding NO2 is 1. The van der Waals surface area contributed by atoms with Gasteiger partial charge in [-0.25, -0.2) is 0 Å². The van der Waals surface area contributed by atoms with E-state index in [0.717, 1.165) is 34.9 Å². The van der Waals surface area contributed by atoms with E-state index in [-0.39, 0.29) is 5.92 Å². The highest BCUT2D eigenvalue weighted by molar-refractivity contribution is 6.30. The first-order chi connectivity index (χ1) is 15.5. The maximum absolute atomic E-state index is 11.9. The van der Waals surface area contributed by atoms with Crippen molar-refractivity contribution in [2.75, 3.05) is 13.1 Å². The molecule has 1 aliphatic rings. The molecule has 3 aromatic rings. The first-order valence-corrected chi connectivity index (χ1v) is 11.7. The summed E-state index contributed by atoms with van der Waals surface area (Å²) in [6.07, 6.45) is 4.70. The Morgan fingerprint density at radius 2 is 1.78 bits per heavy atom. The molecule has 0 amide bonds. The van der Waals surface area contributed by atoms with E-state index in [2.05, 4.69) is 52.7 Å². The molecule has 1 aliphatic heterocycles. The number of piperidine rings is 1. The second kappa shape index (κ2) is 10.4. The zero-order valence-electron chi connectivity index (χ0n) is 18.7. The number of hydrogen-bond acceptors (Lipinski definition) is 4. The summed E-state index contributed by atoms with van der Waals surface area (Å²) in [7, 11) is 0. The number of hydrogen-bond donors (Lipinski definition) is 1. The van der Waals surface area contributed by atoms with Crippen LogP contribution in [0.2, 0.25) is 5.02 Å². The number of pyridine rings is 1. The van der Waals surface area contributed by atoms with Gasteiger partial charge in [0.15, 0.2) is 0 Å². The van der Waals surface area contributed by atoms with Crippen molar-refractivity contribution in [1.29, 1.82) is 0 Å². The normalized spacial score (nSPS) is 16.5. The molecule has 4 rings (SSSR count). The summed E-state index contributed by atoms with van der Waals surface area (Å²) in [5.74, 6) is 0.663. The topological polar surface area (TPSA) is 54.4 Å². The van der Waals surface area contributed by atoms with Gasteiger partial charge >= 0.3 is 0 Å². The standard InChI is InChI=1S/C27H30ClN3O/c1-18-15-24(28)7-8-25(18)26(17-27(31-32)23-11-14-30-19(2)16-23)22-5-3-20(4-6-22)21-9-12-29-13-10-21/h3-8,11,14-16,21,26-27,29H,9-10,12-13,17H2,1-2H3/t26-,27?/m1/s1. The lowest BCUT2D eigenvalue weighted by molar-refractivity contribution is 0.460. The lowest BCUT2D eigenvalue weighted by Gasteiger charge is -2.25. The first-order valence-electron chi connectivity index (χ1n) is 11.4. The smallest absolute Gasteiger partial charge is 0.118 e. The van der Waals surface area contributed by atoms with Gasteiger partial charge in [0.05, 0.1) is 0 Å². The fourth-order valence-corrected chi connectivity index (χ4v) is 5.09. The Morgan fingerprint density at radius 1 is 1.03 bits per heavy atom. The fraction of sp³-hybridized carbons (Fsp3) is 0.370. The molecule has 4 nitrogen and oxygen atoms in total. The van der Waals surface area contributed by atoms with Crippen LogP contribution < -0.4 is 5.32 Å². The van der Waals surface area contributed by atoms with Gasteiger partial charge in [-0.2, -0.15) is 4.91 Å².